The molecule has 0 aliphatic carbocycles. The highest BCUT2D eigenvalue weighted by atomic mass is 31.2. The summed E-state index contributed by atoms with van der Waals surface area (Å²) in [7, 11) is -3.98. The zero-order chi connectivity index (χ0) is 36.8. The number of rotatable bonds is 15. The van der Waals surface area contributed by atoms with Gasteiger partial charge in [-0.1, -0.05) is 104 Å². The van der Waals surface area contributed by atoms with E-state index in [0.29, 0.717) is 17.8 Å². The van der Waals surface area contributed by atoms with Crippen molar-refractivity contribution in [2.75, 3.05) is 6.61 Å². The molecule has 52 heavy (non-hydrogen) atoms. The van der Waals surface area contributed by atoms with E-state index in [1.807, 2.05) is 112 Å². The van der Waals surface area contributed by atoms with Gasteiger partial charge in [-0.3, -0.25) is 18.3 Å². The average molecular weight is 733 g/mol. The molecule has 6 rings (SSSR count). The number of ether oxygens (including phenoxy) is 1. The summed E-state index contributed by atoms with van der Waals surface area (Å²) in [4.78, 5) is 4.39. The van der Waals surface area contributed by atoms with Crippen molar-refractivity contribution >= 4 is 7.82 Å². The number of alkyl halides is 3. The van der Waals surface area contributed by atoms with Crippen LogP contribution < -0.4 is 4.74 Å². The van der Waals surface area contributed by atoms with Crippen LogP contribution in [0.3, 0.4) is 0 Å². The fraction of sp³-hybridized carbons (Fsp3) is 0.237. The molecule has 14 heteroatoms. The van der Waals surface area contributed by atoms with Gasteiger partial charge in [0.15, 0.2) is 5.69 Å². The molecule has 0 saturated carbocycles. The molecular weight excluding hydrogens is 696 g/mol. The van der Waals surface area contributed by atoms with Crippen LogP contribution in [0.15, 0.2) is 120 Å². The molecule has 0 amide bonds. The van der Waals surface area contributed by atoms with Crippen LogP contribution in [-0.2, 0) is 43.3 Å². The van der Waals surface area contributed by atoms with Gasteiger partial charge in [0, 0.05) is 16.7 Å². The lowest BCUT2D eigenvalue weighted by atomic mass is 9.85. The zero-order valence-electron chi connectivity index (χ0n) is 28.6. The second kappa shape index (κ2) is 15.7. The molecule has 4 aromatic carbocycles. The summed E-state index contributed by atoms with van der Waals surface area (Å²) in [6.45, 7) is 6.49. The first-order chi connectivity index (χ1) is 24.8. The number of hydrogen-bond acceptors (Lipinski definition) is 9. The van der Waals surface area contributed by atoms with Crippen molar-refractivity contribution in [1.82, 2.24) is 19.9 Å². The molecule has 10 nitrogen and oxygen atoms in total. The molecule has 0 aliphatic rings. The zero-order valence-corrected chi connectivity index (χ0v) is 29.5. The van der Waals surface area contributed by atoms with Gasteiger partial charge in [-0.15, -0.1) is 13.2 Å². The minimum absolute atomic E-state index is 0.0554. The third-order valence-corrected chi connectivity index (χ3v) is 9.40. The van der Waals surface area contributed by atoms with Crippen molar-refractivity contribution in [2.45, 2.75) is 52.3 Å². The van der Waals surface area contributed by atoms with Gasteiger partial charge in [-0.2, -0.15) is 10.1 Å². The van der Waals surface area contributed by atoms with Crippen molar-refractivity contribution in [2.24, 2.45) is 0 Å². The SMILES string of the molecule is Cc1cc(-c2nc(-c3ccc(OC(F)(F)F)cc3)no2)nn1Cc1cccc(C(C)(C)COP(=O)(OCc2ccccc2)OCc2ccccc2)c1. The molecule has 0 aliphatic heterocycles. The van der Waals surface area contributed by atoms with E-state index in [4.69, 9.17) is 18.1 Å². The normalized spacial score (nSPS) is 12.3. The summed E-state index contributed by atoms with van der Waals surface area (Å²) in [5, 5.41) is 8.64. The molecular formula is C38H36F3N4O6P. The van der Waals surface area contributed by atoms with Crippen LogP contribution in [-0.4, -0.2) is 32.9 Å². The van der Waals surface area contributed by atoms with Gasteiger partial charge in [0.1, 0.15) is 5.75 Å². The Morgan fingerprint density at radius 2 is 1.38 bits per heavy atom. The molecule has 0 bridgehead atoms. The number of hydrogen-bond donors (Lipinski definition) is 0. The van der Waals surface area contributed by atoms with Gasteiger partial charge in [0.2, 0.25) is 5.82 Å². The summed E-state index contributed by atoms with van der Waals surface area (Å²) in [6.07, 6.45) is -4.79. The summed E-state index contributed by atoms with van der Waals surface area (Å²) < 4.78 is 80.2. The van der Waals surface area contributed by atoms with Gasteiger partial charge in [-0.05, 0) is 59.5 Å². The first-order valence-corrected chi connectivity index (χ1v) is 17.8. The Kier molecular flexibility index (Phi) is 11.1. The van der Waals surface area contributed by atoms with Crippen LogP contribution in [0.2, 0.25) is 0 Å². The Morgan fingerprint density at radius 1 is 0.769 bits per heavy atom. The largest absolute Gasteiger partial charge is 0.573 e. The van der Waals surface area contributed by atoms with E-state index in [-0.39, 0.29) is 37.3 Å². The molecule has 0 radical (unpaired) electrons. The van der Waals surface area contributed by atoms with E-state index in [1.165, 1.54) is 24.3 Å². The third-order valence-electron chi connectivity index (χ3n) is 8.06. The van der Waals surface area contributed by atoms with Gasteiger partial charge >= 0.3 is 14.2 Å². The van der Waals surface area contributed by atoms with Gasteiger partial charge < -0.3 is 9.26 Å². The summed E-state index contributed by atoms with van der Waals surface area (Å²) in [6, 6.07) is 33.8. The average Bonchev–Trinajstić information content (AvgIpc) is 3.77. The predicted octanol–water partition coefficient (Wildman–Crippen LogP) is 9.69. The number of phosphoric acid groups is 1. The van der Waals surface area contributed by atoms with E-state index < -0.39 is 19.6 Å². The standard InChI is InChI=1S/C38H36F3N4O6P/c1-27-21-34(36-42-35(44-51-36)31-17-19-33(20-18-31)50-38(39,40)41)43-45(27)23-30-15-10-16-32(22-30)37(2,3)26-49-52(46,47-24-28-11-6-4-7-12-28)48-25-29-13-8-5-9-14-29/h4-22H,23-26H2,1-3H3. The second-order valence-electron chi connectivity index (χ2n) is 12.6. The van der Waals surface area contributed by atoms with E-state index in [2.05, 4.69) is 20.0 Å². The topological polar surface area (TPSA) is 111 Å². The minimum atomic E-state index is -4.79. The number of aromatic nitrogens is 4. The number of nitrogens with zero attached hydrogens (tertiary/aromatic N) is 4. The van der Waals surface area contributed by atoms with Crippen molar-refractivity contribution < 1.29 is 40.6 Å². The summed E-state index contributed by atoms with van der Waals surface area (Å²) >= 11 is 0. The Hall–Kier alpha value is -5.07. The highest BCUT2D eigenvalue weighted by Gasteiger charge is 2.33. The van der Waals surface area contributed by atoms with Gasteiger partial charge in [-0.25, -0.2) is 4.57 Å². The van der Waals surface area contributed by atoms with Crippen LogP contribution in [0.25, 0.3) is 23.0 Å². The van der Waals surface area contributed by atoms with E-state index >= 15 is 0 Å². The van der Waals surface area contributed by atoms with Gasteiger partial charge in [0.25, 0.3) is 5.89 Å². The molecule has 0 saturated heterocycles. The molecule has 0 atom stereocenters. The maximum atomic E-state index is 13.9. The highest BCUT2D eigenvalue weighted by molar-refractivity contribution is 7.48. The number of aryl methyl sites for hydroxylation is 1. The number of benzene rings is 4. The smallest absolute Gasteiger partial charge is 0.406 e. The van der Waals surface area contributed by atoms with Crippen LogP contribution in [0.5, 0.6) is 5.75 Å². The summed E-state index contributed by atoms with van der Waals surface area (Å²) in [5.74, 6) is 0.00121. The maximum absolute atomic E-state index is 13.9. The van der Waals surface area contributed by atoms with Crippen molar-refractivity contribution in [3.05, 3.63) is 143 Å². The molecule has 2 aromatic heterocycles. The van der Waals surface area contributed by atoms with E-state index in [0.717, 1.165) is 27.9 Å². The second-order valence-corrected chi connectivity index (χ2v) is 14.3. The molecule has 0 N–H and O–H groups in total. The lowest BCUT2D eigenvalue weighted by Crippen LogP contribution is -2.24. The minimum Gasteiger partial charge on any atom is -0.406 e. The van der Waals surface area contributed by atoms with E-state index in [1.54, 1.807) is 4.68 Å². The van der Waals surface area contributed by atoms with Crippen LogP contribution >= 0.6 is 7.82 Å². The predicted molar refractivity (Wildman–Crippen MR) is 187 cm³/mol. The monoisotopic (exact) mass is 732 g/mol. The maximum Gasteiger partial charge on any atom is 0.573 e. The molecule has 6 aromatic rings. The first-order valence-electron chi connectivity index (χ1n) is 16.3. The van der Waals surface area contributed by atoms with Crippen LogP contribution in [0.4, 0.5) is 13.2 Å². The molecule has 2 heterocycles. The first kappa shape index (κ1) is 36.7. The van der Waals surface area contributed by atoms with Crippen molar-refractivity contribution in [3.8, 4) is 28.7 Å². The molecule has 0 unspecified atom stereocenters. The van der Waals surface area contributed by atoms with Crippen LogP contribution in [0.1, 0.15) is 41.8 Å². The molecule has 0 fully saturated rings. The third kappa shape index (κ3) is 9.83. The Labute approximate surface area is 298 Å². The Morgan fingerprint density at radius 3 is 2.00 bits per heavy atom. The Balaban J connectivity index is 1.12. The van der Waals surface area contributed by atoms with Crippen molar-refractivity contribution in [3.63, 3.8) is 0 Å². The summed E-state index contributed by atoms with van der Waals surface area (Å²) in [5.41, 5.74) is 4.73. The molecule has 270 valence electrons. The number of phosphoric ester groups is 1. The molecule has 0 spiro atoms. The quantitative estimate of drug-likeness (QED) is 0.0953. The van der Waals surface area contributed by atoms with E-state index in [9.17, 15) is 17.7 Å². The Bertz CT molecular complexity index is 2070. The fourth-order valence-corrected chi connectivity index (χ4v) is 6.50. The highest BCUT2D eigenvalue weighted by Crippen LogP contribution is 2.52. The lowest BCUT2D eigenvalue weighted by molar-refractivity contribution is -0.274. The van der Waals surface area contributed by atoms with Crippen LogP contribution in [0, 0.1) is 6.92 Å². The fourth-order valence-electron chi connectivity index (χ4n) is 5.18. The van der Waals surface area contributed by atoms with Crippen molar-refractivity contribution in [1.29, 1.82) is 0 Å². The van der Waals surface area contributed by atoms with Gasteiger partial charge in [0.05, 0.1) is 26.4 Å². The number of halogens is 3. The lowest BCUT2D eigenvalue weighted by Gasteiger charge is -2.28.